The topological polar surface area (TPSA) is 0 Å². The molecule has 8 aliphatic carbocycles. The molecule has 0 unspecified atom stereocenters. The van der Waals surface area contributed by atoms with E-state index in [1.165, 1.54) is 123 Å². The summed E-state index contributed by atoms with van der Waals surface area (Å²) in [6.07, 6.45) is 4.76. The van der Waals surface area contributed by atoms with E-state index in [1.807, 2.05) is 0 Å². The highest BCUT2D eigenvalue weighted by molar-refractivity contribution is 5.93. The lowest BCUT2D eigenvalue weighted by atomic mass is 9.53. The molecule has 4 bridgehead atoms. The normalized spacial score (nSPS) is 19.8. The Hall–Kier alpha value is -9.16. The third kappa shape index (κ3) is 7.36. The summed E-state index contributed by atoms with van der Waals surface area (Å²) in [5, 5.41) is 0. The van der Waals surface area contributed by atoms with Crippen LogP contribution in [0, 0.1) is 54.8 Å². The Morgan fingerprint density at radius 2 is 0.747 bits per heavy atom. The van der Waals surface area contributed by atoms with Gasteiger partial charge >= 0.3 is 0 Å². The van der Waals surface area contributed by atoms with Crippen LogP contribution < -0.4 is 0 Å². The predicted molar refractivity (Wildman–Crippen MR) is 342 cm³/mol. The molecule has 0 spiro atoms. The fraction of sp³-hybridized carbons (Fsp3) is 0.193. The second-order valence-electron chi connectivity index (χ2n) is 26.3. The van der Waals surface area contributed by atoms with Gasteiger partial charge in [-0.3, -0.25) is 0 Å². The van der Waals surface area contributed by atoms with Gasteiger partial charge in [-0.15, -0.1) is 0 Å². The maximum Gasteiger partial charge on any atom is 0.131 e. The van der Waals surface area contributed by atoms with Crippen LogP contribution in [0.5, 0.6) is 0 Å². The molecule has 17 rings (SSSR count). The van der Waals surface area contributed by atoms with Crippen molar-refractivity contribution in [2.45, 2.75) is 97.3 Å². The highest BCUT2D eigenvalue weighted by Crippen LogP contribution is 2.61. The molecule has 9 aromatic carbocycles. The lowest BCUT2D eigenvalue weighted by Crippen LogP contribution is -2.41. The quantitative estimate of drug-likeness (QED) is 0.0873. The fourth-order valence-corrected chi connectivity index (χ4v) is 15.5. The van der Waals surface area contributed by atoms with Crippen molar-refractivity contribution in [3.8, 4) is 23.7 Å². The van der Waals surface area contributed by atoms with Crippen LogP contribution in [0.25, 0.3) is 5.57 Å². The molecule has 0 atom stereocenters. The molecule has 83 heavy (non-hydrogen) atoms. The SMILES string of the molecule is CC1=C[C+](C(C)(C)C)C=C(C)C1=C=C1c2cc(C#CC34c5ccccc5C(c5ccccc53)c3ccccc34)ccc2[C-](c2c(C)cc(C(C)(C)C)cc2C)c2ccc(C#CC34c5ccccc5C(c5ccccc53)c3ccccc34)cc21. The molecule has 0 saturated carbocycles. The van der Waals surface area contributed by atoms with Crippen molar-refractivity contribution in [1.29, 1.82) is 0 Å². The van der Waals surface area contributed by atoms with E-state index in [-0.39, 0.29) is 22.7 Å². The van der Waals surface area contributed by atoms with Gasteiger partial charge in [0, 0.05) is 42.2 Å². The van der Waals surface area contributed by atoms with E-state index in [4.69, 9.17) is 0 Å². The molecular formula is C83H66. The van der Waals surface area contributed by atoms with Gasteiger partial charge in [-0.05, 0) is 98.5 Å². The highest BCUT2D eigenvalue weighted by Gasteiger charge is 2.52. The minimum absolute atomic E-state index is 0.00820. The number of rotatable bonds is 1. The number of benzene rings is 9. The van der Waals surface area contributed by atoms with Crippen molar-refractivity contribution in [3.63, 3.8) is 0 Å². The molecule has 8 aliphatic rings. The van der Waals surface area contributed by atoms with Crippen LogP contribution in [0.3, 0.4) is 0 Å². The molecule has 0 aromatic heterocycles. The fourth-order valence-electron chi connectivity index (χ4n) is 15.5. The van der Waals surface area contributed by atoms with Crippen molar-refractivity contribution in [2.75, 3.05) is 0 Å². The molecule has 0 nitrogen and oxygen atoms in total. The first-order valence-electron chi connectivity index (χ1n) is 29.7. The van der Waals surface area contributed by atoms with Crippen molar-refractivity contribution in [1.82, 2.24) is 0 Å². The van der Waals surface area contributed by atoms with Crippen molar-refractivity contribution in [2.24, 2.45) is 5.41 Å². The summed E-state index contributed by atoms with van der Waals surface area (Å²) < 4.78 is 0. The van der Waals surface area contributed by atoms with E-state index < -0.39 is 10.8 Å². The first kappa shape index (κ1) is 50.8. The summed E-state index contributed by atoms with van der Waals surface area (Å²) in [5.74, 6) is 19.0. The van der Waals surface area contributed by atoms with Gasteiger partial charge in [0.2, 0.25) is 0 Å². The van der Waals surface area contributed by atoms with Crippen molar-refractivity contribution >= 4 is 5.57 Å². The van der Waals surface area contributed by atoms with E-state index in [9.17, 15) is 0 Å². The zero-order valence-electron chi connectivity index (χ0n) is 49.3. The van der Waals surface area contributed by atoms with Gasteiger partial charge in [-0.25, -0.2) is 0 Å². The van der Waals surface area contributed by atoms with Crippen LogP contribution in [0.4, 0.5) is 0 Å². The van der Waals surface area contributed by atoms with Crippen LogP contribution in [0.2, 0.25) is 0 Å². The van der Waals surface area contributed by atoms with Gasteiger partial charge in [0.25, 0.3) is 0 Å². The predicted octanol–water partition coefficient (Wildman–Crippen LogP) is 18.8. The van der Waals surface area contributed by atoms with E-state index in [1.54, 1.807) is 0 Å². The van der Waals surface area contributed by atoms with Crippen LogP contribution in [0.1, 0.15) is 190 Å². The highest BCUT2D eigenvalue weighted by atomic mass is 14.5. The summed E-state index contributed by atoms with van der Waals surface area (Å²) in [7, 11) is 0. The van der Waals surface area contributed by atoms with E-state index in [0.717, 1.165) is 33.4 Å². The minimum atomic E-state index is -0.651. The summed E-state index contributed by atoms with van der Waals surface area (Å²) in [5.41, 5.74) is 35.0. The maximum atomic E-state index is 4.24. The van der Waals surface area contributed by atoms with Gasteiger partial charge in [-0.2, -0.15) is 0 Å². The van der Waals surface area contributed by atoms with Crippen LogP contribution in [0.15, 0.2) is 229 Å². The summed E-state index contributed by atoms with van der Waals surface area (Å²) >= 11 is 0. The Morgan fingerprint density at radius 1 is 0.410 bits per heavy atom. The largest absolute Gasteiger partial charge is 0.131 e. The molecule has 9 aromatic rings. The van der Waals surface area contributed by atoms with Gasteiger partial charge in [0.15, 0.2) is 0 Å². The molecule has 0 amide bonds. The molecule has 0 saturated heterocycles. The van der Waals surface area contributed by atoms with E-state index in [0.29, 0.717) is 0 Å². The van der Waals surface area contributed by atoms with Gasteiger partial charge in [0.1, 0.15) is 16.4 Å². The van der Waals surface area contributed by atoms with Gasteiger partial charge in [0.05, 0.1) is 29.2 Å². The monoisotopic (exact) mass is 1060 g/mol. The lowest BCUT2D eigenvalue weighted by Gasteiger charge is -2.48. The maximum absolute atomic E-state index is 4.24. The average Bonchev–Trinajstić information content (AvgIpc) is 0.988. The third-order valence-corrected chi connectivity index (χ3v) is 19.3. The third-order valence-electron chi connectivity index (χ3n) is 19.3. The smallest absolute Gasteiger partial charge is 0.0980 e. The Balaban J connectivity index is 0.997. The summed E-state index contributed by atoms with van der Waals surface area (Å²) in [6, 6.07) is 73.1. The number of hydrogen-bond acceptors (Lipinski definition) is 0. The molecule has 0 heteroatoms. The molecule has 0 radical (unpaired) electrons. The average molecular weight is 1060 g/mol. The zero-order valence-corrected chi connectivity index (χ0v) is 49.3. The lowest BCUT2D eigenvalue weighted by molar-refractivity contribution is 0.471. The van der Waals surface area contributed by atoms with Gasteiger partial charge in [-0.1, -0.05) is 309 Å². The van der Waals surface area contributed by atoms with Crippen molar-refractivity contribution < 1.29 is 0 Å². The molecular weight excluding hydrogens is 997 g/mol. The Labute approximate surface area is 492 Å². The molecule has 0 fully saturated rings. The van der Waals surface area contributed by atoms with Crippen molar-refractivity contribution in [3.05, 3.63) is 363 Å². The Kier molecular flexibility index (Phi) is 11.1. The van der Waals surface area contributed by atoms with E-state index in [2.05, 4.69) is 305 Å². The molecule has 0 heterocycles. The first-order valence-corrected chi connectivity index (χ1v) is 29.7. The summed E-state index contributed by atoms with van der Waals surface area (Å²) in [4.78, 5) is 0. The second-order valence-corrected chi connectivity index (χ2v) is 26.3. The minimum Gasteiger partial charge on any atom is -0.0980 e. The van der Waals surface area contributed by atoms with Gasteiger partial charge < -0.3 is 0 Å². The van der Waals surface area contributed by atoms with Crippen LogP contribution in [-0.2, 0) is 16.2 Å². The second kappa shape index (κ2) is 18.2. The van der Waals surface area contributed by atoms with Crippen LogP contribution in [-0.4, -0.2) is 0 Å². The number of hydrogen-bond donors (Lipinski definition) is 0. The summed E-state index contributed by atoms with van der Waals surface area (Å²) in [6.45, 7) is 23.0. The molecule has 0 N–H and O–H groups in total. The molecule has 398 valence electrons. The zero-order chi connectivity index (χ0) is 56.9. The van der Waals surface area contributed by atoms with Crippen LogP contribution >= 0.6 is 0 Å². The first-order chi connectivity index (χ1) is 40.1. The standard InChI is InChI=1S/C83H66/c1-50-43-56(80(5,6)7)44-51(2)66(50)49-69-67-47-54(39-41-82-70-29-17-11-23-60(70)77(61-24-12-18-30-71(61)82)62-25-13-19-31-72(62)82)35-37-58(67)79(76-52(3)45-57(46-53(76)4)81(8,9)10)59-38-36-55(48-68(59)69)40-42-83-73-32-20-14-26-63(73)78(64-27-15-21-33-74(64)83)65-28-16-22-34-75(65)83/h11-38,43-48,77-78H,1-10H3. The number of aryl methyl sites for hydroxylation is 2. The Morgan fingerprint density at radius 3 is 1.07 bits per heavy atom. The number of fused-ring (bicyclic) bond motifs is 2. The van der Waals surface area contributed by atoms with E-state index >= 15 is 0 Å². The Bertz CT molecular complexity index is 4090. The molecule has 0 aliphatic heterocycles. The number of allylic oxidation sites excluding steroid dienone is 5.